The molecule has 1 amide bonds. The van der Waals surface area contributed by atoms with Crippen LogP contribution in [0.3, 0.4) is 0 Å². The van der Waals surface area contributed by atoms with Crippen molar-refractivity contribution in [2.45, 2.75) is 52.7 Å². The zero-order valence-electron chi connectivity index (χ0n) is 14.9. The van der Waals surface area contributed by atoms with Gasteiger partial charge >= 0.3 is 6.09 Å². The fourth-order valence-corrected chi connectivity index (χ4v) is 3.55. The molecule has 6 nitrogen and oxygen atoms in total. The number of hydrogen-bond donors (Lipinski definition) is 3. The Hall–Kier alpha value is -1.28. The highest BCUT2D eigenvalue weighted by Gasteiger charge is 2.29. The van der Waals surface area contributed by atoms with Gasteiger partial charge in [-0.1, -0.05) is 13.8 Å². The highest BCUT2D eigenvalue weighted by Crippen LogP contribution is 2.39. The number of nitrogens with two attached hydrogens (primary N) is 1. The Kier molecular flexibility index (Phi) is 7.31. The van der Waals surface area contributed by atoms with Crippen LogP contribution in [0, 0.1) is 5.92 Å². The summed E-state index contributed by atoms with van der Waals surface area (Å²) in [7, 11) is 0. The molecular formula is C17H24Br2N2O4. The maximum Gasteiger partial charge on any atom is 0.408 e. The van der Waals surface area contributed by atoms with Crippen molar-refractivity contribution in [3.63, 3.8) is 0 Å². The number of benzene rings is 1. The molecule has 1 aromatic rings. The number of halogens is 2. The van der Waals surface area contributed by atoms with Gasteiger partial charge in [-0.05, 0) is 71.0 Å². The summed E-state index contributed by atoms with van der Waals surface area (Å²) in [5, 5.41) is 12.7. The van der Waals surface area contributed by atoms with E-state index in [1.807, 2.05) is 13.8 Å². The van der Waals surface area contributed by atoms with Crippen molar-refractivity contribution in [3.8, 4) is 5.75 Å². The van der Waals surface area contributed by atoms with Crippen LogP contribution in [-0.4, -0.2) is 28.6 Å². The molecule has 0 aliphatic carbocycles. The molecule has 0 saturated heterocycles. The average Bonchev–Trinajstić information content (AvgIpc) is 2.41. The number of carbonyl (C=O) groups is 2. The van der Waals surface area contributed by atoms with E-state index in [0.29, 0.717) is 10.9 Å². The highest BCUT2D eigenvalue weighted by atomic mass is 79.9. The van der Waals surface area contributed by atoms with Crippen LogP contribution < -0.4 is 11.1 Å². The second-order valence-corrected chi connectivity index (χ2v) is 8.83. The lowest BCUT2D eigenvalue weighted by atomic mass is 9.95. The van der Waals surface area contributed by atoms with Gasteiger partial charge in [0.05, 0.1) is 20.6 Å². The molecule has 0 spiro atoms. The third kappa shape index (κ3) is 6.18. The molecule has 140 valence electrons. The summed E-state index contributed by atoms with van der Waals surface area (Å²) in [4.78, 5) is 25.1. The highest BCUT2D eigenvalue weighted by molar-refractivity contribution is 9.11. The monoisotopic (exact) mass is 478 g/mol. The minimum absolute atomic E-state index is 0.127. The Balaban J connectivity index is 3.18. The van der Waals surface area contributed by atoms with E-state index < -0.39 is 23.5 Å². The number of amides is 1. The summed E-state index contributed by atoms with van der Waals surface area (Å²) < 4.78 is 5.79. The Morgan fingerprint density at radius 1 is 1.32 bits per heavy atom. The Bertz CT molecular complexity index is 670. The van der Waals surface area contributed by atoms with Crippen LogP contribution in [0.1, 0.15) is 51.4 Å². The van der Waals surface area contributed by atoms with E-state index in [1.165, 1.54) is 6.07 Å². The number of hydrogen-bond acceptors (Lipinski definition) is 5. The number of ether oxygens (including phenoxy) is 1. The molecule has 1 rings (SSSR count). The number of anilines is 1. The minimum atomic E-state index is -0.825. The fraction of sp³-hybridized carbons (Fsp3) is 0.529. The second kappa shape index (κ2) is 8.40. The summed E-state index contributed by atoms with van der Waals surface area (Å²) in [6.45, 7) is 9.11. The van der Waals surface area contributed by atoms with E-state index in [4.69, 9.17) is 10.5 Å². The van der Waals surface area contributed by atoms with Gasteiger partial charge in [0, 0.05) is 5.69 Å². The second-order valence-electron chi connectivity index (χ2n) is 7.18. The molecule has 0 fully saturated rings. The molecular weight excluding hydrogens is 456 g/mol. The molecule has 0 bridgehead atoms. The Morgan fingerprint density at radius 3 is 2.36 bits per heavy atom. The first-order valence-electron chi connectivity index (χ1n) is 7.83. The third-order valence-corrected chi connectivity index (χ3v) is 4.56. The first kappa shape index (κ1) is 21.8. The van der Waals surface area contributed by atoms with Crippen LogP contribution in [-0.2, 0) is 4.74 Å². The molecule has 8 heteroatoms. The number of ketones is 1. The van der Waals surface area contributed by atoms with Crippen molar-refractivity contribution in [2.24, 2.45) is 5.92 Å². The fourth-order valence-electron chi connectivity index (χ4n) is 2.20. The van der Waals surface area contributed by atoms with Gasteiger partial charge in [-0.25, -0.2) is 4.79 Å². The number of carbonyl (C=O) groups excluding carboxylic acids is 2. The molecule has 1 atom stereocenters. The number of rotatable bonds is 5. The van der Waals surface area contributed by atoms with Crippen LogP contribution in [0.4, 0.5) is 10.5 Å². The first-order valence-corrected chi connectivity index (χ1v) is 9.42. The number of nitrogens with one attached hydrogen (secondary N) is 1. The van der Waals surface area contributed by atoms with Gasteiger partial charge in [-0.3, -0.25) is 4.79 Å². The zero-order chi connectivity index (χ0) is 19.5. The number of aromatic hydroxyl groups is 1. The van der Waals surface area contributed by atoms with Gasteiger partial charge < -0.3 is 20.9 Å². The Morgan fingerprint density at radius 2 is 1.88 bits per heavy atom. The lowest BCUT2D eigenvalue weighted by Crippen LogP contribution is -2.44. The predicted molar refractivity (Wildman–Crippen MR) is 105 cm³/mol. The van der Waals surface area contributed by atoms with Crippen molar-refractivity contribution in [1.29, 1.82) is 0 Å². The van der Waals surface area contributed by atoms with Gasteiger partial charge in [-0.2, -0.15) is 0 Å². The average molecular weight is 480 g/mol. The molecule has 0 aliphatic heterocycles. The van der Waals surface area contributed by atoms with Crippen LogP contribution in [0.25, 0.3) is 0 Å². The molecule has 0 heterocycles. The zero-order valence-corrected chi connectivity index (χ0v) is 18.1. The van der Waals surface area contributed by atoms with E-state index in [1.54, 1.807) is 20.8 Å². The topological polar surface area (TPSA) is 102 Å². The standard InChI is InChI=1S/C17H24Br2N2O4/c1-8(2)6-11(21-16(24)25-17(3,4)5)15(23)12-10(20)7-9(18)14(22)13(12)19/h7-8,11,22H,6,20H2,1-5H3,(H,21,24)/t11-/m0/s1. The van der Waals surface area contributed by atoms with Gasteiger partial charge in [0.15, 0.2) is 5.78 Å². The van der Waals surface area contributed by atoms with E-state index in [0.717, 1.165) is 0 Å². The molecule has 0 aliphatic rings. The molecule has 4 N–H and O–H groups in total. The molecule has 0 unspecified atom stereocenters. The number of alkyl carbamates (subject to hydrolysis) is 1. The SMILES string of the molecule is CC(C)C[C@H](NC(=O)OC(C)(C)C)C(=O)c1c(N)cc(Br)c(O)c1Br. The van der Waals surface area contributed by atoms with Crippen molar-refractivity contribution in [1.82, 2.24) is 5.32 Å². The first-order chi connectivity index (χ1) is 11.3. The van der Waals surface area contributed by atoms with Gasteiger partial charge in [0.2, 0.25) is 0 Å². The number of phenols is 1. The van der Waals surface area contributed by atoms with Crippen molar-refractivity contribution >= 4 is 49.4 Å². The summed E-state index contributed by atoms with van der Waals surface area (Å²) in [5.41, 5.74) is 5.60. The van der Waals surface area contributed by atoms with Crippen molar-refractivity contribution in [2.75, 3.05) is 5.73 Å². The van der Waals surface area contributed by atoms with E-state index in [-0.39, 0.29) is 27.4 Å². The lowest BCUT2D eigenvalue weighted by molar-refractivity contribution is 0.0485. The number of phenolic OH excluding ortho intramolecular Hbond substituents is 1. The molecule has 1 aromatic carbocycles. The predicted octanol–water partition coefficient (Wildman–Crippen LogP) is 4.62. The van der Waals surface area contributed by atoms with E-state index >= 15 is 0 Å². The van der Waals surface area contributed by atoms with E-state index in [9.17, 15) is 14.7 Å². The summed E-state index contributed by atoms with van der Waals surface area (Å²) in [6.07, 6.45) is -0.275. The lowest BCUT2D eigenvalue weighted by Gasteiger charge is -2.24. The summed E-state index contributed by atoms with van der Waals surface area (Å²) >= 11 is 6.38. The summed E-state index contributed by atoms with van der Waals surface area (Å²) in [5.74, 6) is -0.377. The number of Topliss-reactive ketones (excluding diaryl/α,β-unsaturated/α-hetero) is 1. The molecule has 0 aromatic heterocycles. The van der Waals surface area contributed by atoms with Crippen molar-refractivity contribution < 1.29 is 19.4 Å². The van der Waals surface area contributed by atoms with Crippen LogP contribution in [0.5, 0.6) is 5.75 Å². The summed E-state index contributed by atoms with van der Waals surface area (Å²) in [6, 6.07) is 0.627. The van der Waals surface area contributed by atoms with Gasteiger partial charge in [-0.15, -0.1) is 0 Å². The van der Waals surface area contributed by atoms with Gasteiger partial charge in [0.25, 0.3) is 0 Å². The molecule has 25 heavy (non-hydrogen) atoms. The molecule has 0 saturated carbocycles. The Labute approximate surface area is 164 Å². The van der Waals surface area contributed by atoms with Crippen molar-refractivity contribution in [3.05, 3.63) is 20.6 Å². The number of nitrogen functional groups attached to an aromatic ring is 1. The van der Waals surface area contributed by atoms with Gasteiger partial charge in [0.1, 0.15) is 11.4 Å². The maximum atomic E-state index is 13.0. The quantitative estimate of drug-likeness (QED) is 0.325. The smallest absolute Gasteiger partial charge is 0.408 e. The van der Waals surface area contributed by atoms with E-state index in [2.05, 4.69) is 37.2 Å². The van der Waals surface area contributed by atoms with Crippen LogP contribution >= 0.6 is 31.9 Å². The van der Waals surface area contributed by atoms with Crippen LogP contribution in [0.2, 0.25) is 0 Å². The minimum Gasteiger partial charge on any atom is -0.506 e. The molecule has 0 radical (unpaired) electrons. The van der Waals surface area contributed by atoms with Crippen LogP contribution in [0.15, 0.2) is 15.0 Å². The third-order valence-electron chi connectivity index (χ3n) is 3.19. The largest absolute Gasteiger partial charge is 0.506 e. The normalized spacial score (nSPS) is 12.8. The maximum absolute atomic E-state index is 13.0.